The van der Waals surface area contributed by atoms with Crippen molar-refractivity contribution in [1.29, 1.82) is 0 Å². The van der Waals surface area contributed by atoms with E-state index >= 15 is 0 Å². The maximum Gasteiger partial charge on any atom is 0.373 e. The number of hydrogen-bond acceptors (Lipinski definition) is 4. The van der Waals surface area contributed by atoms with E-state index in [1.807, 2.05) is 0 Å². The van der Waals surface area contributed by atoms with Crippen molar-refractivity contribution in [1.82, 2.24) is 0 Å². The molecule has 4 nitrogen and oxygen atoms in total. The molecule has 0 unspecified atom stereocenters. The fraction of sp³-hybridized carbons (Fsp3) is 0.556. The van der Waals surface area contributed by atoms with Crippen LogP contribution in [0.2, 0.25) is 0 Å². The Labute approximate surface area is 133 Å². The summed E-state index contributed by atoms with van der Waals surface area (Å²) in [6.45, 7) is 4.27. The zero-order chi connectivity index (χ0) is 16.0. The van der Waals surface area contributed by atoms with Crippen LogP contribution in [-0.2, 0) is 9.78 Å². The van der Waals surface area contributed by atoms with Gasteiger partial charge in [0, 0.05) is 0 Å². The molecule has 0 amide bonds. The summed E-state index contributed by atoms with van der Waals surface area (Å²) in [5.74, 6) is 0.125. The van der Waals surface area contributed by atoms with Crippen LogP contribution in [0.25, 0.3) is 0 Å². The van der Waals surface area contributed by atoms with Crippen molar-refractivity contribution >= 4 is 5.97 Å². The minimum atomic E-state index is -0.493. The minimum Gasteiger partial charge on any atom is -0.497 e. The van der Waals surface area contributed by atoms with Gasteiger partial charge in [-0.15, -0.1) is 0 Å². The normalized spacial score (nSPS) is 10.5. The number of unbranched alkanes of at least 4 members (excludes halogenated alkanes) is 7. The molecule has 0 spiro atoms. The summed E-state index contributed by atoms with van der Waals surface area (Å²) in [6, 6.07) is 6.80. The van der Waals surface area contributed by atoms with E-state index in [2.05, 4.69) is 6.92 Å². The molecule has 0 N–H and O–H groups in total. The molecule has 4 heteroatoms. The van der Waals surface area contributed by atoms with Crippen molar-refractivity contribution in [3.05, 3.63) is 36.8 Å². The first-order valence-corrected chi connectivity index (χ1v) is 8.05. The third-order valence-electron chi connectivity index (χ3n) is 3.42. The van der Waals surface area contributed by atoms with E-state index < -0.39 is 5.97 Å². The van der Waals surface area contributed by atoms with Crippen molar-refractivity contribution in [2.75, 3.05) is 13.7 Å². The molecule has 0 heterocycles. The van der Waals surface area contributed by atoms with E-state index in [0.717, 1.165) is 19.3 Å². The average Bonchev–Trinajstić information content (AvgIpc) is 2.56. The number of benzene rings is 1. The highest BCUT2D eigenvalue weighted by Crippen LogP contribution is 2.13. The highest BCUT2D eigenvalue weighted by atomic mass is 17.2. The number of hydrogen-bond donors (Lipinski definition) is 0. The number of rotatable bonds is 12. The van der Waals surface area contributed by atoms with E-state index in [1.54, 1.807) is 31.4 Å². The summed E-state index contributed by atoms with van der Waals surface area (Å²) in [5.41, 5.74) is 0.421. The maximum atomic E-state index is 11.7. The van der Waals surface area contributed by atoms with Crippen molar-refractivity contribution in [2.45, 2.75) is 51.4 Å². The first kappa shape index (κ1) is 18.5. The van der Waals surface area contributed by atoms with Crippen LogP contribution in [0.5, 0.6) is 5.75 Å². The molecule has 0 aliphatic heterocycles. The van der Waals surface area contributed by atoms with Gasteiger partial charge in [-0.25, -0.2) is 4.79 Å². The second kappa shape index (κ2) is 12.0. The third kappa shape index (κ3) is 8.03. The molecule has 0 saturated carbocycles. The predicted octanol–water partition coefficient (Wildman–Crippen LogP) is 4.74. The van der Waals surface area contributed by atoms with Gasteiger partial charge >= 0.3 is 5.97 Å². The molecule has 1 aromatic carbocycles. The monoisotopic (exact) mass is 307 g/mol. The fourth-order valence-corrected chi connectivity index (χ4v) is 2.11. The zero-order valence-electron chi connectivity index (χ0n) is 13.5. The lowest BCUT2D eigenvalue weighted by Gasteiger charge is -2.05. The Kier molecular flexibility index (Phi) is 10.1. The summed E-state index contributed by atoms with van der Waals surface area (Å²) in [6.07, 6.45) is 9.27. The van der Waals surface area contributed by atoms with E-state index in [0.29, 0.717) is 17.9 Å². The molecule has 0 aliphatic rings. The third-order valence-corrected chi connectivity index (χ3v) is 3.42. The van der Waals surface area contributed by atoms with E-state index in [1.165, 1.54) is 32.1 Å². The highest BCUT2D eigenvalue weighted by molar-refractivity contribution is 5.89. The van der Waals surface area contributed by atoms with Crippen LogP contribution in [-0.4, -0.2) is 19.7 Å². The summed E-state index contributed by atoms with van der Waals surface area (Å²) in [5, 5.41) is 0. The molecule has 0 aliphatic carbocycles. The van der Waals surface area contributed by atoms with E-state index in [9.17, 15) is 4.79 Å². The summed E-state index contributed by atoms with van der Waals surface area (Å²) >= 11 is 0. The van der Waals surface area contributed by atoms with Crippen LogP contribution in [0.15, 0.2) is 24.3 Å². The van der Waals surface area contributed by atoms with Gasteiger partial charge in [-0.05, 0) is 24.6 Å². The molecule has 0 saturated heterocycles. The second-order valence-electron chi connectivity index (χ2n) is 5.25. The lowest BCUT2D eigenvalue weighted by molar-refractivity contribution is -0.241. The van der Waals surface area contributed by atoms with Crippen molar-refractivity contribution in [3.63, 3.8) is 0 Å². The molecule has 0 bridgehead atoms. The van der Waals surface area contributed by atoms with Crippen LogP contribution in [0, 0.1) is 6.92 Å². The standard InChI is InChI=1S/C18H27O4/c1-3-4-5-6-7-8-9-10-14-21-22-18(19)16-12-11-13-17(15-16)20-2/h11-13,15H,1,3-10,14H2,2H3. The van der Waals surface area contributed by atoms with Crippen LogP contribution in [0.4, 0.5) is 0 Å². The molecular formula is C18H27O4. The predicted molar refractivity (Wildman–Crippen MR) is 86.7 cm³/mol. The smallest absolute Gasteiger partial charge is 0.373 e. The van der Waals surface area contributed by atoms with Crippen LogP contribution in [0.1, 0.15) is 61.7 Å². The molecule has 0 aromatic heterocycles. The second-order valence-corrected chi connectivity index (χ2v) is 5.25. The Balaban J connectivity index is 2.03. The van der Waals surface area contributed by atoms with Gasteiger partial charge in [0.05, 0.1) is 19.3 Å². The number of carbonyl (C=O) groups is 1. The first-order valence-electron chi connectivity index (χ1n) is 8.05. The van der Waals surface area contributed by atoms with E-state index in [-0.39, 0.29) is 0 Å². The SMILES string of the molecule is [CH2]CCCCCCCCCOOC(=O)c1cccc(OC)c1. The highest BCUT2D eigenvalue weighted by Gasteiger charge is 2.09. The van der Waals surface area contributed by atoms with Crippen LogP contribution in [0.3, 0.4) is 0 Å². The van der Waals surface area contributed by atoms with Gasteiger partial charge in [0.15, 0.2) is 0 Å². The average molecular weight is 307 g/mol. The molecular weight excluding hydrogens is 280 g/mol. The van der Waals surface area contributed by atoms with Crippen LogP contribution >= 0.6 is 0 Å². The Bertz CT molecular complexity index is 417. The Morgan fingerprint density at radius 1 is 1.05 bits per heavy atom. The molecule has 0 fully saturated rings. The van der Waals surface area contributed by atoms with Crippen LogP contribution < -0.4 is 4.74 Å². The quantitative estimate of drug-likeness (QED) is 0.318. The molecule has 0 atom stereocenters. The zero-order valence-corrected chi connectivity index (χ0v) is 13.5. The largest absolute Gasteiger partial charge is 0.497 e. The van der Waals surface area contributed by atoms with Gasteiger partial charge in [-0.1, -0.05) is 57.9 Å². The molecule has 1 aromatic rings. The van der Waals surface area contributed by atoms with Crippen molar-refractivity contribution in [3.8, 4) is 5.75 Å². The maximum absolute atomic E-state index is 11.7. The van der Waals surface area contributed by atoms with Crippen molar-refractivity contribution < 1.29 is 19.3 Å². The molecule has 1 radical (unpaired) electrons. The van der Waals surface area contributed by atoms with Gasteiger partial charge in [0.1, 0.15) is 5.75 Å². The Hall–Kier alpha value is -1.55. The van der Waals surface area contributed by atoms with Gasteiger partial charge in [-0.3, -0.25) is 4.89 Å². The Morgan fingerprint density at radius 3 is 2.41 bits per heavy atom. The van der Waals surface area contributed by atoms with Crippen molar-refractivity contribution in [2.24, 2.45) is 0 Å². The van der Waals surface area contributed by atoms with Gasteiger partial charge in [0.25, 0.3) is 0 Å². The Morgan fingerprint density at radius 2 is 1.73 bits per heavy atom. The lowest BCUT2D eigenvalue weighted by atomic mass is 10.1. The topological polar surface area (TPSA) is 44.8 Å². The van der Waals surface area contributed by atoms with Gasteiger partial charge in [-0.2, -0.15) is 4.89 Å². The summed E-state index contributed by atoms with van der Waals surface area (Å²) in [7, 11) is 1.56. The molecule has 1 rings (SSSR count). The van der Waals surface area contributed by atoms with E-state index in [4.69, 9.17) is 14.5 Å². The first-order chi connectivity index (χ1) is 10.8. The number of carbonyl (C=O) groups excluding carboxylic acids is 1. The minimum absolute atomic E-state index is 0.421. The lowest BCUT2D eigenvalue weighted by Crippen LogP contribution is -2.07. The van der Waals surface area contributed by atoms with Gasteiger partial charge in [0.2, 0.25) is 0 Å². The molecule has 123 valence electrons. The number of methoxy groups -OCH3 is 1. The molecule has 22 heavy (non-hydrogen) atoms. The summed E-state index contributed by atoms with van der Waals surface area (Å²) in [4.78, 5) is 21.5. The van der Waals surface area contributed by atoms with Gasteiger partial charge < -0.3 is 4.74 Å². The number of ether oxygens (including phenoxy) is 1. The summed E-state index contributed by atoms with van der Waals surface area (Å²) < 4.78 is 5.06. The fourth-order valence-electron chi connectivity index (χ4n) is 2.11.